The summed E-state index contributed by atoms with van der Waals surface area (Å²) in [6.07, 6.45) is -1.60. The average Bonchev–Trinajstić information content (AvgIpc) is 2.68. The molecule has 0 aliphatic carbocycles. The number of nitrogens with one attached hydrogen (secondary N) is 2. The van der Waals surface area contributed by atoms with E-state index in [0.29, 0.717) is 18.2 Å². The van der Waals surface area contributed by atoms with E-state index >= 15 is 0 Å². The van der Waals surface area contributed by atoms with Gasteiger partial charge in [-0.3, -0.25) is 9.78 Å². The number of alkyl halides is 3. The van der Waals surface area contributed by atoms with Crippen molar-refractivity contribution in [2.75, 3.05) is 10.6 Å². The van der Waals surface area contributed by atoms with E-state index in [4.69, 9.17) is 0 Å². The highest BCUT2D eigenvalue weighted by molar-refractivity contribution is 6.08. The number of carbonyl (C=O) groups excluding carboxylic acids is 1. The number of aromatic nitrogens is 1. The molecule has 150 valence electrons. The maximum Gasteiger partial charge on any atom is 0.416 e. The Morgan fingerprint density at radius 2 is 1.66 bits per heavy atom. The maximum absolute atomic E-state index is 14.3. The quantitative estimate of drug-likeness (QED) is 0.569. The van der Waals surface area contributed by atoms with Gasteiger partial charge in [-0.2, -0.15) is 13.2 Å². The van der Waals surface area contributed by atoms with Crippen molar-refractivity contribution in [1.29, 1.82) is 0 Å². The fourth-order valence-corrected chi connectivity index (χ4v) is 2.58. The minimum atomic E-state index is -4.72. The van der Waals surface area contributed by atoms with Crippen LogP contribution < -0.4 is 10.6 Å². The molecule has 3 aromatic rings. The number of carbonyl (C=O) groups is 1. The van der Waals surface area contributed by atoms with Crippen LogP contribution in [0.3, 0.4) is 0 Å². The lowest BCUT2D eigenvalue weighted by Gasteiger charge is -2.14. The van der Waals surface area contributed by atoms with Gasteiger partial charge in [0.1, 0.15) is 11.6 Å². The SMILES string of the molecule is O=C(Nc1cc(C(F)(F)F)ccc1F)c1c(F)cccc1NCc1ccncc1. The van der Waals surface area contributed by atoms with E-state index in [1.807, 2.05) is 5.32 Å². The second-order valence-corrected chi connectivity index (χ2v) is 6.02. The molecule has 4 nitrogen and oxygen atoms in total. The molecular formula is C20H14F5N3O. The first-order chi connectivity index (χ1) is 13.8. The predicted molar refractivity (Wildman–Crippen MR) is 97.3 cm³/mol. The van der Waals surface area contributed by atoms with Gasteiger partial charge in [-0.1, -0.05) is 6.07 Å². The molecule has 0 spiro atoms. The monoisotopic (exact) mass is 407 g/mol. The van der Waals surface area contributed by atoms with Gasteiger partial charge in [-0.15, -0.1) is 0 Å². The van der Waals surface area contributed by atoms with Crippen LogP contribution in [0.5, 0.6) is 0 Å². The molecule has 0 unspecified atom stereocenters. The van der Waals surface area contributed by atoms with Gasteiger partial charge in [0.15, 0.2) is 0 Å². The first-order valence-corrected chi connectivity index (χ1v) is 8.35. The largest absolute Gasteiger partial charge is 0.416 e. The lowest BCUT2D eigenvalue weighted by atomic mass is 10.1. The van der Waals surface area contributed by atoms with Crippen LogP contribution in [0, 0.1) is 11.6 Å². The maximum atomic E-state index is 14.3. The molecule has 0 radical (unpaired) electrons. The Bertz CT molecular complexity index is 1020. The van der Waals surface area contributed by atoms with Gasteiger partial charge in [-0.05, 0) is 48.0 Å². The van der Waals surface area contributed by atoms with Crippen LogP contribution in [-0.4, -0.2) is 10.9 Å². The Kier molecular flexibility index (Phi) is 5.76. The number of pyridine rings is 1. The molecule has 0 atom stereocenters. The van der Waals surface area contributed by atoms with Crippen molar-refractivity contribution in [3.63, 3.8) is 0 Å². The van der Waals surface area contributed by atoms with Gasteiger partial charge < -0.3 is 10.6 Å². The Labute approximate surface area is 162 Å². The summed E-state index contributed by atoms with van der Waals surface area (Å²) >= 11 is 0. The number of anilines is 2. The van der Waals surface area contributed by atoms with Crippen LogP contribution in [0.1, 0.15) is 21.5 Å². The summed E-state index contributed by atoms with van der Waals surface area (Å²) in [5, 5.41) is 4.90. The molecule has 0 bridgehead atoms. The third kappa shape index (κ3) is 4.87. The molecular weight excluding hydrogens is 393 g/mol. The molecule has 0 fully saturated rings. The second kappa shape index (κ2) is 8.26. The van der Waals surface area contributed by atoms with Crippen molar-refractivity contribution in [3.05, 3.63) is 89.2 Å². The third-order valence-corrected chi connectivity index (χ3v) is 4.01. The summed E-state index contributed by atoms with van der Waals surface area (Å²) in [5.41, 5.74) is -1.38. The highest BCUT2D eigenvalue weighted by atomic mass is 19.4. The zero-order chi connectivity index (χ0) is 21.0. The first kappa shape index (κ1) is 20.2. The Morgan fingerprint density at radius 1 is 0.931 bits per heavy atom. The number of rotatable bonds is 5. The second-order valence-electron chi connectivity index (χ2n) is 6.02. The zero-order valence-electron chi connectivity index (χ0n) is 14.7. The van der Waals surface area contributed by atoms with Crippen molar-refractivity contribution in [3.8, 4) is 0 Å². The van der Waals surface area contributed by atoms with Gasteiger partial charge in [0.25, 0.3) is 5.91 Å². The normalized spacial score (nSPS) is 11.2. The average molecular weight is 407 g/mol. The van der Waals surface area contributed by atoms with E-state index in [1.165, 1.54) is 12.1 Å². The summed E-state index contributed by atoms with van der Waals surface area (Å²) in [4.78, 5) is 16.4. The molecule has 1 aromatic heterocycles. The smallest absolute Gasteiger partial charge is 0.380 e. The van der Waals surface area contributed by atoms with Crippen molar-refractivity contribution < 1.29 is 26.7 Å². The Morgan fingerprint density at radius 3 is 2.34 bits per heavy atom. The highest BCUT2D eigenvalue weighted by Gasteiger charge is 2.31. The number of hydrogen-bond donors (Lipinski definition) is 2. The van der Waals surface area contributed by atoms with Crippen LogP contribution in [0.4, 0.5) is 33.3 Å². The van der Waals surface area contributed by atoms with Gasteiger partial charge in [0.2, 0.25) is 0 Å². The van der Waals surface area contributed by atoms with E-state index in [2.05, 4.69) is 10.3 Å². The van der Waals surface area contributed by atoms with Crippen LogP contribution in [0.15, 0.2) is 60.9 Å². The van der Waals surface area contributed by atoms with E-state index in [-0.39, 0.29) is 12.2 Å². The molecule has 1 heterocycles. The van der Waals surface area contributed by atoms with Gasteiger partial charge in [-0.25, -0.2) is 8.78 Å². The van der Waals surface area contributed by atoms with Crippen molar-refractivity contribution >= 4 is 17.3 Å². The van der Waals surface area contributed by atoms with E-state index < -0.39 is 40.5 Å². The van der Waals surface area contributed by atoms with Crippen LogP contribution in [0.2, 0.25) is 0 Å². The molecule has 2 aromatic carbocycles. The minimum Gasteiger partial charge on any atom is -0.380 e. The van der Waals surface area contributed by atoms with Gasteiger partial charge in [0.05, 0.1) is 22.5 Å². The van der Waals surface area contributed by atoms with E-state index in [1.54, 1.807) is 24.5 Å². The van der Waals surface area contributed by atoms with Crippen LogP contribution in [0.25, 0.3) is 0 Å². The number of hydrogen-bond acceptors (Lipinski definition) is 3. The zero-order valence-corrected chi connectivity index (χ0v) is 14.7. The summed E-state index contributed by atoms with van der Waals surface area (Å²) < 4.78 is 66.7. The molecule has 9 heteroatoms. The molecule has 1 amide bonds. The summed E-state index contributed by atoms with van der Waals surface area (Å²) in [5.74, 6) is -3.07. The van der Waals surface area contributed by atoms with Crippen molar-refractivity contribution in [2.24, 2.45) is 0 Å². The third-order valence-electron chi connectivity index (χ3n) is 4.01. The van der Waals surface area contributed by atoms with Crippen LogP contribution >= 0.6 is 0 Å². The molecule has 0 saturated carbocycles. The number of halogens is 5. The van der Waals surface area contributed by atoms with E-state index in [9.17, 15) is 26.7 Å². The molecule has 2 N–H and O–H groups in total. The first-order valence-electron chi connectivity index (χ1n) is 8.35. The molecule has 0 saturated heterocycles. The highest BCUT2D eigenvalue weighted by Crippen LogP contribution is 2.32. The molecule has 3 rings (SSSR count). The molecule has 0 aliphatic heterocycles. The van der Waals surface area contributed by atoms with Gasteiger partial charge in [0, 0.05) is 18.9 Å². The number of benzene rings is 2. The summed E-state index contributed by atoms with van der Waals surface area (Å²) in [7, 11) is 0. The predicted octanol–water partition coefficient (Wildman–Crippen LogP) is 5.24. The Hall–Kier alpha value is -3.49. The number of amides is 1. The number of nitrogens with zero attached hydrogens (tertiary/aromatic N) is 1. The van der Waals surface area contributed by atoms with Gasteiger partial charge >= 0.3 is 6.18 Å². The lowest BCUT2D eigenvalue weighted by molar-refractivity contribution is -0.137. The topological polar surface area (TPSA) is 54.0 Å². The molecule has 29 heavy (non-hydrogen) atoms. The van der Waals surface area contributed by atoms with Crippen molar-refractivity contribution in [1.82, 2.24) is 4.98 Å². The summed E-state index contributed by atoms with van der Waals surface area (Å²) in [6.45, 7) is 0.240. The minimum absolute atomic E-state index is 0.103. The standard InChI is InChI=1S/C20H14F5N3O/c21-14-5-4-13(20(23,24)25)10-17(14)28-19(29)18-15(22)2-1-3-16(18)27-11-12-6-8-26-9-7-12/h1-10,27H,11H2,(H,28,29). The van der Waals surface area contributed by atoms with Crippen LogP contribution in [-0.2, 0) is 12.7 Å². The lowest BCUT2D eigenvalue weighted by Crippen LogP contribution is -2.18. The Balaban J connectivity index is 1.86. The fraction of sp³-hybridized carbons (Fsp3) is 0.100. The van der Waals surface area contributed by atoms with E-state index in [0.717, 1.165) is 11.6 Å². The molecule has 0 aliphatic rings. The van der Waals surface area contributed by atoms with Crippen molar-refractivity contribution in [2.45, 2.75) is 12.7 Å². The fourth-order valence-electron chi connectivity index (χ4n) is 2.58. The summed E-state index contributed by atoms with van der Waals surface area (Å²) in [6, 6.07) is 8.84.